The molecule has 0 heterocycles. The number of halogens is 2. The second-order valence-corrected chi connectivity index (χ2v) is 4.39. The van der Waals surface area contributed by atoms with Gasteiger partial charge >= 0.3 is 5.69 Å². The molecule has 104 valence electrons. The van der Waals surface area contributed by atoms with Crippen molar-refractivity contribution in [2.24, 2.45) is 0 Å². The molecule has 0 aliphatic carbocycles. The Labute approximate surface area is 113 Å². The van der Waals surface area contributed by atoms with Crippen molar-refractivity contribution in [3.63, 3.8) is 0 Å². The van der Waals surface area contributed by atoms with Crippen molar-refractivity contribution in [2.75, 3.05) is 0 Å². The van der Waals surface area contributed by atoms with E-state index in [4.69, 9.17) is 4.74 Å². The maximum absolute atomic E-state index is 13.7. The molecule has 2 rings (SSSR count). The highest BCUT2D eigenvalue weighted by molar-refractivity contribution is 5.50. The van der Waals surface area contributed by atoms with Gasteiger partial charge in [-0.25, -0.2) is 4.39 Å². The van der Waals surface area contributed by atoms with Gasteiger partial charge in [0.25, 0.3) is 0 Å². The Bertz CT molecular complexity index is 666. The normalized spacial score (nSPS) is 10.4. The lowest BCUT2D eigenvalue weighted by Crippen LogP contribution is -1.99. The van der Waals surface area contributed by atoms with E-state index in [1.807, 2.05) is 6.07 Å². The molecule has 0 radical (unpaired) electrons. The number of rotatable bonds is 3. The van der Waals surface area contributed by atoms with Crippen LogP contribution in [-0.4, -0.2) is 4.92 Å². The van der Waals surface area contributed by atoms with Crippen LogP contribution in [0.5, 0.6) is 11.5 Å². The summed E-state index contributed by atoms with van der Waals surface area (Å²) in [5.74, 6) is -3.08. The van der Waals surface area contributed by atoms with Crippen molar-refractivity contribution in [1.82, 2.24) is 0 Å². The minimum absolute atomic E-state index is 0.218. The second kappa shape index (κ2) is 5.24. The first-order valence-corrected chi connectivity index (χ1v) is 5.77. The van der Waals surface area contributed by atoms with Gasteiger partial charge in [0.1, 0.15) is 5.75 Å². The monoisotopic (exact) mass is 279 g/mol. The molecular formula is C14H11F2NO3. The van der Waals surface area contributed by atoms with E-state index in [9.17, 15) is 18.9 Å². The maximum Gasteiger partial charge on any atom is 0.314 e. The molecule has 0 saturated carbocycles. The van der Waals surface area contributed by atoms with Crippen LogP contribution in [0, 0.1) is 35.6 Å². The quantitative estimate of drug-likeness (QED) is 0.622. The van der Waals surface area contributed by atoms with Crippen LogP contribution in [0.25, 0.3) is 0 Å². The smallest absolute Gasteiger partial charge is 0.314 e. The summed E-state index contributed by atoms with van der Waals surface area (Å²) in [6.07, 6.45) is 0. The molecule has 4 nitrogen and oxygen atoms in total. The Morgan fingerprint density at radius 3 is 2.25 bits per heavy atom. The van der Waals surface area contributed by atoms with Crippen LogP contribution in [0.1, 0.15) is 11.1 Å². The third-order valence-electron chi connectivity index (χ3n) is 2.64. The Kier molecular flexibility index (Phi) is 3.65. The van der Waals surface area contributed by atoms with Gasteiger partial charge in [-0.2, -0.15) is 4.39 Å². The highest BCUT2D eigenvalue weighted by Crippen LogP contribution is 2.35. The van der Waals surface area contributed by atoms with Crippen LogP contribution < -0.4 is 4.74 Å². The minimum atomic E-state index is -1.38. The number of nitrogens with zero attached hydrogens (tertiary/aromatic N) is 1. The third-order valence-corrected chi connectivity index (χ3v) is 2.64. The van der Waals surface area contributed by atoms with Crippen LogP contribution in [0.15, 0.2) is 30.3 Å². The Hall–Kier alpha value is -2.50. The van der Waals surface area contributed by atoms with Crippen LogP contribution in [0.4, 0.5) is 14.5 Å². The molecule has 0 spiro atoms. The van der Waals surface area contributed by atoms with Crippen LogP contribution >= 0.6 is 0 Å². The summed E-state index contributed by atoms with van der Waals surface area (Å²) in [6.45, 7) is 3.60. The van der Waals surface area contributed by atoms with E-state index in [1.165, 1.54) is 0 Å². The Morgan fingerprint density at radius 2 is 1.70 bits per heavy atom. The molecule has 0 atom stereocenters. The number of nitro benzene ring substituents is 1. The van der Waals surface area contributed by atoms with Gasteiger partial charge in [0.15, 0.2) is 5.82 Å². The minimum Gasteiger partial charge on any atom is -0.447 e. The predicted molar refractivity (Wildman–Crippen MR) is 69.0 cm³/mol. The summed E-state index contributed by atoms with van der Waals surface area (Å²) in [7, 11) is 0. The summed E-state index contributed by atoms with van der Waals surface area (Å²) in [4.78, 5) is 10.0. The number of nitro groups is 1. The lowest BCUT2D eigenvalue weighted by Gasteiger charge is -2.09. The molecule has 0 amide bonds. The second-order valence-electron chi connectivity index (χ2n) is 4.39. The molecule has 0 aliphatic rings. The Balaban J connectivity index is 2.52. The average molecular weight is 279 g/mol. The largest absolute Gasteiger partial charge is 0.447 e. The van der Waals surface area contributed by atoms with Gasteiger partial charge in [-0.1, -0.05) is 6.07 Å². The zero-order valence-corrected chi connectivity index (χ0v) is 10.8. The number of ether oxygens (including phenoxy) is 1. The highest BCUT2D eigenvalue weighted by atomic mass is 19.2. The lowest BCUT2D eigenvalue weighted by molar-refractivity contribution is -0.385. The fourth-order valence-corrected chi connectivity index (χ4v) is 1.87. The van der Waals surface area contributed by atoms with Crippen molar-refractivity contribution in [2.45, 2.75) is 13.8 Å². The predicted octanol–water partition coefficient (Wildman–Crippen LogP) is 4.28. The fourth-order valence-electron chi connectivity index (χ4n) is 1.87. The highest BCUT2D eigenvalue weighted by Gasteiger charge is 2.24. The molecule has 0 saturated heterocycles. The first kappa shape index (κ1) is 13.9. The summed E-state index contributed by atoms with van der Waals surface area (Å²) in [5, 5.41) is 10.8. The first-order valence-electron chi connectivity index (χ1n) is 5.77. The van der Waals surface area contributed by atoms with Gasteiger partial charge in [0.05, 0.1) is 4.92 Å². The fraction of sp³-hybridized carbons (Fsp3) is 0.143. The van der Waals surface area contributed by atoms with Crippen LogP contribution in [0.3, 0.4) is 0 Å². The van der Waals surface area contributed by atoms with Crippen molar-refractivity contribution >= 4 is 5.69 Å². The molecule has 0 N–H and O–H groups in total. The van der Waals surface area contributed by atoms with Gasteiger partial charge in [-0.3, -0.25) is 10.1 Å². The van der Waals surface area contributed by atoms with Crippen molar-refractivity contribution < 1.29 is 18.4 Å². The number of hydrogen-bond donors (Lipinski definition) is 0. The lowest BCUT2D eigenvalue weighted by atomic mass is 10.1. The molecular weight excluding hydrogens is 268 g/mol. The standard InChI is InChI=1S/C14H11F2NO3/c1-8-5-9(2)7-10(6-8)20-14-12(17(18)19)4-3-11(15)13(14)16/h3-7H,1-2H3. The average Bonchev–Trinajstić information content (AvgIpc) is 2.33. The summed E-state index contributed by atoms with van der Waals surface area (Å²) >= 11 is 0. The van der Waals surface area contributed by atoms with Crippen LogP contribution in [-0.2, 0) is 0 Å². The van der Waals surface area contributed by atoms with E-state index >= 15 is 0 Å². The molecule has 20 heavy (non-hydrogen) atoms. The number of aryl methyl sites for hydroxylation is 2. The molecule has 2 aromatic rings. The van der Waals surface area contributed by atoms with Crippen LogP contribution in [0.2, 0.25) is 0 Å². The topological polar surface area (TPSA) is 52.4 Å². The molecule has 2 aromatic carbocycles. The van der Waals surface area contributed by atoms with Gasteiger partial charge in [-0.05, 0) is 43.2 Å². The van der Waals surface area contributed by atoms with E-state index in [0.29, 0.717) is 6.07 Å². The van der Waals surface area contributed by atoms with Gasteiger partial charge in [-0.15, -0.1) is 0 Å². The van der Waals surface area contributed by atoms with E-state index in [0.717, 1.165) is 17.2 Å². The van der Waals surface area contributed by atoms with E-state index in [1.54, 1.807) is 26.0 Å². The third kappa shape index (κ3) is 2.74. The molecule has 0 bridgehead atoms. The molecule has 0 aromatic heterocycles. The molecule has 6 heteroatoms. The van der Waals surface area contributed by atoms with E-state index in [2.05, 4.69) is 0 Å². The maximum atomic E-state index is 13.7. The summed E-state index contributed by atoms with van der Waals surface area (Å²) < 4.78 is 32.1. The van der Waals surface area contributed by atoms with E-state index < -0.39 is 28.0 Å². The van der Waals surface area contributed by atoms with Crippen molar-refractivity contribution in [1.29, 1.82) is 0 Å². The summed E-state index contributed by atoms with van der Waals surface area (Å²) in [6, 6.07) is 6.60. The first-order chi connectivity index (χ1) is 9.38. The zero-order chi connectivity index (χ0) is 14.9. The zero-order valence-electron chi connectivity index (χ0n) is 10.8. The van der Waals surface area contributed by atoms with Gasteiger partial charge in [0, 0.05) is 6.07 Å². The van der Waals surface area contributed by atoms with Crippen molar-refractivity contribution in [3.8, 4) is 11.5 Å². The van der Waals surface area contributed by atoms with Gasteiger partial charge in [0.2, 0.25) is 11.6 Å². The summed E-state index contributed by atoms with van der Waals surface area (Å²) in [5.41, 5.74) is 1.07. The van der Waals surface area contributed by atoms with Crippen molar-refractivity contribution in [3.05, 3.63) is 63.2 Å². The SMILES string of the molecule is Cc1cc(C)cc(Oc2c([N+](=O)[O-])ccc(F)c2F)c1. The molecule has 0 fully saturated rings. The molecule has 0 unspecified atom stereocenters. The van der Waals surface area contributed by atoms with Gasteiger partial charge < -0.3 is 4.74 Å². The number of benzene rings is 2. The number of hydrogen-bond acceptors (Lipinski definition) is 3. The molecule has 0 aliphatic heterocycles. The Morgan fingerprint density at radius 1 is 1.10 bits per heavy atom. The van der Waals surface area contributed by atoms with E-state index in [-0.39, 0.29) is 5.75 Å².